The first-order chi connectivity index (χ1) is 7.48. The van der Waals surface area contributed by atoms with Gasteiger partial charge in [0.25, 0.3) is 5.89 Å². The minimum Gasteiger partial charge on any atom is -0.384 e. The second kappa shape index (κ2) is 4.14. The molecule has 6 nitrogen and oxygen atoms in total. The molecule has 1 aromatic rings. The minimum atomic E-state index is -2.87. The average Bonchev–Trinajstić information content (AvgIpc) is 2.66. The number of nitrogens with zero attached hydrogens (tertiary/aromatic N) is 2. The Hall–Kier alpha value is -0.950. The zero-order chi connectivity index (χ0) is 11.8. The van der Waals surface area contributed by atoms with Crippen LogP contribution in [0, 0.1) is 0 Å². The normalized spacial score (nSPS) is 23.1. The van der Waals surface area contributed by atoms with E-state index in [0.717, 1.165) is 0 Å². The van der Waals surface area contributed by atoms with Crippen molar-refractivity contribution in [2.24, 2.45) is 0 Å². The van der Waals surface area contributed by atoms with Crippen LogP contribution in [0.1, 0.15) is 43.5 Å². The van der Waals surface area contributed by atoms with Crippen molar-refractivity contribution in [3.63, 3.8) is 0 Å². The first-order valence-electron chi connectivity index (χ1n) is 5.20. The fraction of sp³-hybridized carbons (Fsp3) is 0.778. The molecule has 0 saturated carbocycles. The zero-order valence-corrected chi connectivity index (χ0v) is 9.77. The van der Waals surface area contributed by atoms with Gasteiger partial charge in [0.15, 0.2) is 5.82 Å². The highest BCUT2D eigenvalue weighted by molar-refractivity contribution is 7.91. The van der Waals surface area contributed by atoms with Crippen molar-refractivity contribution in [1.82, 2.24) is 10.1 Å². The van der Waals surface area contributed by atoms with E-state index in [1.165, 1.54) is 0 Å². The molecule has 1 saturated heterocycles. The second-order valence-corrected chi connectivity index (χ2v) is 6.40. The van der Waals surface area contributed by atoms with Gasteiger partial charge in [0.1, 0.15) is 15.9 Å². The molecule has 2 rings (SSSR count). The molecule has 1 atom stereocenters. The van der Waals surface area contributed by atoms with E-state index < -0.39 is 15.9 Å². The number of aliphatic hydroxyl groups excluding tert-OH is 1. The third-order valence-corrected chi connectivity index (χ3v) is 4.45. The topological polar surface area (TPSA) is 93.3 Å². The van der Waals surface area contributed by atoms with Gasteiger partial charge in [-0.1, -0.05) is 5.16 Å². The van der Waals surface area contributed by atoms with E-state index in [1.807, 2.05) is 0 Å². The summed E-state index contributed by atoms with van der Waals surface area (Å²) < 4.78 is 27.3. The molecular formula is C9H14N2O4S. The van der Waals surface area contributed by atoms with Gasteiger partial charge < -0.3 is 9.63 Å². The monoisotopic (exact) mass is 246 g/mol. The van der Waals surface area contributed by atoms with Gasteiger partial charge in [-0.3, -0.25) is 0 Å². The molecule has 2 heterocycles. The summed E-state index contributed by atoms with van der Waals surface area (Å²) in [5.41, 5.74) is 0. The molecule has 7 heteroatoms. The summed E-state index contributed by atoms with van der Waals surface area (Å²) in [6, 6.07) is 0. The van der Waals surface area contributed by atoms with Crippen LogP contribution in [-0.2, 0) is 9.84 Å². The summed E-state index contributed by atoms with van der Waals surface area (Å²) in [5.74, 6) is 1.07. The summed E-state index contributed by atoms with van der Waals surface area (Å²) in [7, 11) is -2.87. The third-order valence-electron chi connectivity index (χ3n) is 2.73. The Labute approximate surface area is 93.6 Å². The van der Waals surface area contributed by atoms with Gasteiger partial charge in [-0.2, -0.15) is 4.98 Å². The van der Waals surface area contributed by atoms with Gasteiger partial charge in [0.2, 0.25) is 0 Å². The van der Waals surface area contributed by atoms with Crippen LogP contribution in [0.3, 0.4) is 0 Å². The van der Waals surface area contributed by atoms with Crippen molar-refractivity contribution >= 4 is 9.84 Å². The molecule has 1 fully saturated rings. The van der Waals surface area contributed by atoms with Gasteiger partial charge in [-0.25, -0.2) is 8.42 Å². The van der Waals surface area contributed by atoms with Gasteiger partial charge in [-0.15, -0.1) is 0 Å². The highest BCUT2D eigenvalue weighted by Gasteiger charge is 2.28. The van der Waals surface area contributed by atoms with Crippen LogP contribution in [0.4, 0.5) is 0 Å². The smallest absolute Gasteiger partial charge is 0.255 e. The highest BCUT2D eigenvalue weighted by Crippen LogP contribution is 2.27. The summed E-state index contributed by atoms with van der Waals surface area (Å²) in [6.45, 7) is 1.54. The van der Waals surface area contributed by atoms with Gasteiger partial charge in [-0.05, 0) is 19.8 Å². The molecule has 16 heavy (non-hydrogen) atoms. The second-order valence-electron chi connectivity index (χ2n) is 4.09. The SMILES string of the molecule is CC(O)c1nc(C2CCS(=O)(=O)CC2)no1. The molecule has 0 amide bonds. The number of hydrogen-bond acceptors (Lipinski definition) is 6. The lowest BCUT2D eigenvalue weighted by Crippen LogP contribution is -2.22. The minimum absolute atomic E-state index is 0.0276. The Morgan fingerprint density at radius 3 is 2.56 bits per heavy atom. The van der Waals surface area contributed by atoms with E-state index in [-0.39, 0.29) is 23.3 Å². The molecule has 0 bridgehead atoms. The number of aromatic nitrogens is 2. The Bertz CT molecular complexity index is 452. The Kier molecular flexibility index (Phi) is 2.98. The summed E-state index contributed by atoms with van der Waals surface area (Å²) >= 11 is 0. The number of hydrogen-bond donors (Lipinski definition) is 1. The molecule has 1 N–H and O–H groups in total. The maximum absolute atomic E-state index is 11.2. The van der Waals surface area contributed by atoms with Crippen molar-refractivity contribution < 1.29 is 18.0 Å². The summed E-state index contributed by atoms with van der Waals surface area (Å²) in [6.07, 6.45) is 0.274. The molecular weight excluding hydrogens is 232 g/mol. The predicted molar refractivity (Wildman–Crippen MR) is 55.6 cm³/mol. The van der Waals surface area contributed by atoms with E-state index >= 15 is 0 Å². The fourth-order valence-corrected chi connectivity index (χ4v) is 3.22. The molecule has 90 valence electrons. The van der Waals surface area contributed by atoms with E-state index in [0.29, 0.717) is 18.7 Å². The largest absolute Gasteiger partial charge is 0.384 e. The van der Waals surface area contributed by atoms with Gasteiger partial charge >= 0.3 is 0 Å². The highest BCUT2D eigenvalue weighted by atomic mass is 32.2. The first kappa shape index (κ1) is 11.5. The van der Waals surface area contributed by atoms with Crippen molar-refractivity contribution in [1.29, 1.82) is 0 Å². The summed E-state index contributed by atoms with van der Waals surface area (Å²) in [5, 5.41) is 13.0. The van der Waals surface area contributed by atoms with Crippen LogP contribution in [0.5, 0.6) is 0 Å². The maximum atomic E-state index is 11.2. The third kappa shape index (κ3) is 2.41. The van der Waals surface area contributed by atoms with E-state index in [2.05, 4.69) is 10.1 Å². The van der Waals surface area contributed by atoms with Crippen LogP contribution in [-0.4, -0.2) is 35.2 Å². The fourth-order valence-electron chi connectivity index (χ4n) is 1.73. The molecule has 0 spiro atoms. The number of aliphatic hydroxyl groups is 1. The molecule has 1 aliphatic rings. The maximum Gasteiger partial charge on any atom is 0.255 e. The summed E-state index contributed by atoms with van der Waals surface area (Å²) in [4.78, 5) is 4.06. The lowest BCUT2D eigenvalue weighted by molar-refractivity contribution is 0.151. The molecule has 0 aromatic carbocycles. The number of rotatable bonds is 2. The van der Waals surface area contributed by atoms with Crippen molar-refractivity contribution in [3.8, 4) is 0 Å². The van der Waals surface area contributed by atoms with E-state index in [9.17, 15) is 13.5 Å². The van der Waals surface area contributed by atoms with Gasteiger partial charge in [0, 0.05) is 5.92 Å². The Balaban J connectivity index is 2.08. The van der Waals surface area contributed by atoms with Crippen LogP contribution in [0.15, 0.2) is 4.52 Å². The Morgan fingerprint density at radius 2 is 2.06 bits per heavy atom. The first-order valence-corrected chi connectivity index (χ1v) is 7.02. The lowest BCUT2D eigenvalue weighted by Gasteiger charge is -2.18. The van der Waals surface area contributed by atoms with E-state index in [4.69, 9.17) is 4.52 Å². The van der Waals surface area contributed by atoms with Crippen molar-refractivity contribution in [2.75, 3.05) is 11.5 Å². The zero-order valence-electron chi connectivity index (χ0n) is 8.96. The van der Waals surface area contributed by atoms with Gasteiger partial charge in [0.05, 0.1) is 11.5 Å². The van der Waals surface area contributed by atoms with Crippen LogP contribution in [0.25, 0.3) is 0 Å². The predicted octanol–water partition coefficient (Wildman–Crippen LogP) is 0.415. The average molecular weight is 246 g/mol. The van der Waals surface area contributed by atoms with Crippen LogP contribution < -0.4 is 0 Å². The molecule has 1 aliphatic heterocycles. The molecule has 0 aliphatic carbocycles. The van der Waals surface area contributed by atoms with Crippen molar-refractivity contribution in [3.05, 3.63) is 11.7 Å². The molecule has 1 unspecified atom stereocenters. The number of sulfone groups is 1. The molecule has 0 radical (unpaired) electrons. The quantitative estimate of drug-likeness (QED) is 0.812. The van der Waals surface area contributed by atoms with Crippen LogP contribution >= 0.6 is 0 Å². The Morgan fingerprint density at radius 1 is 1.44 bits per heavy atom. The van der Waals surface area contributed by atoms with Crippen molar-refractivity contribution in [2.45, 2.75) is 31.8 Å². The standard InChI is InChI=1S/C9H14N2O4S/c1-6(12)9-10-8(11-15-9)7-2-4-16(13,14)5-3-7/h6-7,12H,2-5H2,1H3. The van der Waals surface area contributed by atoms with E-state index in [1.54, 1.807) is 6.92 Å². The molecule has 1 aromatic heterocycles. The lowest BCUT2D eigenvalue weighted by atomic mass is 10.0. The van der Waals surface area contributed by atoms with Crippen LogP contribution in [0.2, 0.25) is 0 Å².